The average Bonchev–Trinajstić information content (AvgIpc) is 2.64. The molecule has 2 aromatic carbocycles. The van der Waals surface area contributed by atoms with Gasteiger partial charge in [-0.1, -0.05) is 48.5 Å². The third-order valence-corrected chi connectivity index (χ3v) is 4.32. The standard InChI is InChI=1S/C21H22N2O2/c1-16-15-18-9-5-6-10-19(18)23(21(16)25)14-13-22-20(24)12-11-17-7-3-2-4-8-17/h2-10,15H,11-14H2,1H3,(H,22,24). The average molecular weight is 334 g/mol. The maximum Gasteiger partial charge on any atom is 0.254 e. The number of amides is 1. The SMILES string of the molecule is Cc1cc2ccccc2n(CCNC(=O)CCc2ccccc2)c1=O. The van der Waals surface area contributed by atoms with Crippen molar-refractivity contribution in [1.82, 2.24) is 9.88 Å². The molecule has 1 heterocycles. The minimum atomic E-state index is -0.00256. The van der Waals surface area contributed by atoms with E-state index in [2.05, 4.69) is 5.32 Å². The van der Waals surface area contributed by atoms with Crippen molar-refractivity contribution in [2.24, 2.45) is 0 Å². The number of para-hydroxylation sites is 1. The number of aryl methyl sites for hydroxylation is 2. The zero-order valence-electron chi connectivity index (χ0n) is 14.4. The number of hydrogen-bond donors (Lipinski definition) is 1. The molecule has 1 N–H and O–H groups in total. The van der Waals surface area contributed by atoms with E-state index in [0.717, 1.165) is 22.9 Å². The van der Waals surface area contributed by atoms with Gasteiger partial charge in [-0.15, -0.1) is 0 Å². The molecule has 4 nitrogen and oxygen atoms in total. The highest BCUT2D eigenvalue weighted by molar-refractivity contribution is 5.79. The molecule has 3 rings (SSSR count). The Hall–Kier alpha value is -2.88. The van der Waals surface area contributed by atoms with Crippen molar-refractivity contribution in [3.63, 3.8) is 0 Å². The van der Waals surface area contributed by atoms with E-state index in [-0.39, 0.29) is 11.5 Å². The quantitative estimate of drug-likeness (QED) is 0.753. The first kappa shape index (κ1) is 17.0. The van der Waals surface area contributed by atoms with Crippen LogP contribution in [0.25, 0.3) is 10.9 Å². The minimum Gasteiger partial charge on any atom is -0.354 e. The van der Waals surface area contributed by atoms with Gasteiger partial charge in [-0.3, -0.25) is 9.59 Å². The molecule has 0 fully saturated rings. The molecule has 1 amide bonds. The predicted octanol–water partition coefficient (Wildman–Crippen LogP) is 3.06. The van der Waals surface area contributed by atoms with Crippen LogP contribution in [0.1, 0.15) is 17.5 Å². The summed E-state index contributed by atoms with van der Waals surface area (Å²) in [7, 11) is 0. The van der Waals surface area contributed by atoms with Crippen molar-refractivity contribution in [1.29, 1.82) is 0 Å². The van der Waals surface area contributed by atoms with E-state index in [1.165, 1.54) is 0 Å². The molecular formula is C21H22N2O2. The van der Waals surface area contributed by atoms with Gasteiger partial charge in [0.25, 0.3) is 5.56 Å². The molecule has 0 aliphatic carbocycles. The number of aromatic nitrogens is 1. The van der Waals surface area contributed by atoms with E-state index in [1.807, 2.05) is 67.6 Å². The molecule has 0 saturated carbocycles. The highest BCUT2D eigenvalue weighted by Gasteiger charge is 2.07. The van der Waals surface area contributed by atoms with Crippen LogP contribution in [0, 0.1) is 6.92 Å². The summed E-state index contributed by atoms with van der Waals surface area (Å²) in [6.07, 6.45) is 1.17. The second kappa shape index (κ2) is 7.79. The van der Waals surface area contributed by atoms with E-state index in [1.54, 1.807) is 4.57 Å². The molecule has 4 heteroatoms. The topological polar surface area (TPSA) is 51.1 Å². The van der Waals surface area contributed by atoms with Gasteiger partial charge in [0.1, 0.15) is 0 Å². The maximum atomic E-state index is 12.4. The third kappa shape index (κ3) is 4.15. The van der Waals surface area contributed by atoms with Crippen LogP contribution in [0.5, 0.6) is 0 Å². The largest absolute Gasteiger partial charge is 0.354 e. The van der Waals surface area contributed by atoms with Gasteiger partial charge < -0.3 is 9.88 Å². The molecule has 0 spiro atoms. The number of hydrogen-bond acceptors (Lipinski definition) is 2. The Bertz CT molecular complexity index is 930. The maximum absolute atomic E-state index is 12.4. The number of rotatable bonds is 6. The van der Waals surface area contributed by atoms with Gasteiger partial charge >= 0.3 is 0 Å². The first-order chi connectivity index (χ1) is 12.1. The van der Waals surface area contributed by atoms with E-state index in [4.69, 9.17) is 0 Å². The number of carbonyl (C=O) groups is 1. The molecule has 1 aromatic heterocycles. The zero-order chi connectivity index (χ0) is 17.6. The Balaban J connectivity index is 1.60. The third-order valence-electron chi connectivity index (χ3n) is 4.32. The molecule has 0 bridgehead atoms. The number of nitrogens with zero attached hydrogens (tertiary/aromatic N) is 1. The summed E-state index contributed by atoms with van der Waals surface area (Å²) >= 11 is 0. The van der Waals surface area contributed by atoms with Crippen LogP contribution in [0.4, 0.5) is 0 Å². The molecule has 0 unspecified atom stereocenters. The fraction of sp³-hybridized carbons (Fsp3) is 0.238. The number of pyridine rings is 1. The normalized spacial score (nSPS) is 10.8. The molecule has 0 aliphatic heterocycles. The zero-order valence-corrected chi connectivity index (χ0v) is 14.4. The van der Waals surface area contributed by atoms with Gasteiger partial charge in [0.15, 0.2) is 0 Å². The fourth-order valence-electron chi connectivity index (χ4n) is 2.99. The van der Waals surface area contributed by atoms with Crippen LogP contribution >= 0.6 is 0 Å². The van der Waals surface area contributed by atoms with Crippen LogP contribution in [-0.2, 0) is 17.8 Å². The van der Waals surface area contributed by atoms with Gasteiger partial charge in [-0.25, -0.2) is 0 Å². The molecule has 0 radical (unpaired) electrons. The summed E-state index contributed by atoms with van der Waals surface area (Å²) < 4.78 is 1.74. The van der Waals surface area contributed by atoms with Gasteiger partial charge in [0, 0.05) is 25.1 Å². The van der Waals surface area contributed by atoms with E-state index < -0.39 is 0 Å². The Morgan fingerprint density at radius 3 is 2.56 bits per heavy atom. The Morgan fingerprint density at radius 1 is 1.04 bits per heavy atom. The molecule has 3 aromatic rings. The van der Waals surface area contributed by atoms with Crippen molar-refractivity contribution < 1.29 is 4.79 Å². The monoisotopic (exact) mass is 334 g/mol. The lowest BCUT2D eigenvalue weighted by Crippen LogP contribution is -2.31. The summed E-state index contributed by atoms with van der Waals surface area (Å²) in [5.74, 6) is 0.00820. The van der Waals surface area contributed by atoms with Gasteiger partial charge in [0.05, 0.1) is 5.52 Å². The summed E-state index contributed by atoms with van der Waals surface area (Å²) in [5.41, 5.74) is 2.77. The Labute approximate surface area is 147 Å². The van der Waals surface area contributed by atoms with Crippen molar-refractivity contribution >= 4 is 16.8 Å². The molecule has 0 aliphatic rings. The molecular weight excluding hydrogens is 312 g/mol. The number of benzene rings is 2. The summed E-state index contributed by atoms with van der Waals surface area (Å²) in [6.45, 7) is 2.74. The molecule has 25 heavy (non-hydrogen) atoms. The van der Waals surface area contributed by atoms with E-state index in [9.17, 15) is 9.59 Å². The predicted molar refractivity (Wildman–Crippen MR) is 101 cm³/mol. The Kier molecular flexibility index (Phi) is 5.29. The number of carbonyl (C=O) groups excluding carboxylic acids is 1. The lowest BCUT2D eigenvalue weighted by Gasteiger charge is -2.12. The fourth-order valence-corrected chi connectivity index (χ4v) is 2.99. The van der Waals surface area contributed by atoms with Crippen LogP contribution in [0.3, 0.4) is 0 Å². The Morgan fingerprint density at radius 2 is 1.76 bits per heavy atom. The molecule has 128 valence electrons. The van der Waals surface area contributed by atoms with Crippen molar-refractivity contribution in [3.05, 3.63) is 82.1 Å². The van der Waals surface area contributed by atoms with E-state index in [0.29, 0.717) is 25.1 Å². The van der Waals surface area contributed by atoms with Crippen LogP contribution in [0.15, 0.2) is 65.5 Å². The van der Waals surface area contributed by atoms with Gasteiger partial charge in [-0.05, 0) is 36.4 Å². The van der Waals surface area contributed by atoms with Crippen LogP contribution in [-0.4, -0.2) is 17.0 Å². The van der Waals surface area contributed by atoms with Crippen LogP contribution < -0.4 is 10.9 Å². The van der Waals surface area contributed by atoms with E-state index >= 15 is 0 Å². The number of nitrogens with one attached hydrogen (secondary N) is 1. The second-order valence-corrected chi connectivity index (χ2v) is 6.18. The molecule has 0 atom stereocenters. The van der Waals surface area contributed by atoms with Gasteiger partial charge in [0.2, 0.25) is 5.91 Å². The lowest BCUT2D eigenvalue weighted by molar-refractivity contribution is -0.121. The highest BCUT2D eigenvalue weighted by atomic mass is 16.1. The minimum absolute atomic E-state index is 0.00256. The smallest absolute Gasteiger partial charge is 0.254 e. The lowest BCUT2D eigenvalue weighted by atomic mass is 10.1. The highest BCUT2D eigenvalue weighted by Crippen LogP contribution is 2.12. The number of fused-ring (bicyclic) bond motifs is 1. The van der Waals surface area contributed by atoms with Crippen LogP contribution in [0.2, 0.25) is 0 Å². The van der Waals surface area contributed by atoms with Gasteiger partial charge in [-0.2, -0.15) is 0 Å². The first-order valence-electron chi connectivity index (χ1n) is 8.55. The van der Waals surface area contributed by atoms with Crippen molar-refractivity contribution in [3.8, 4) is 0 Å². The first-order valence-corrected chi connectivity index (χ1v) is 8.55. The summed E-state index contributed by atoms with van der Waals surface area (Å²) in [5, 5.41) is 3.95. The molecule has 0 saturated heterocycles. The van der Waals surface area contributed by atoms with Crippen molar-refractivity contribution in [2.75, 3.05) is 6.54 Å². The van der Waals surface area contributed by atoms with Crippen molar-refractivity contribution in [2.45, 2.75) is 26.3 Å². The second-order valence-electron chi connectivity index (χ2n) is 6.18. The summed E-state index contributed by atoms with van der Waals surface area (Å²) in [4.78, 5) is 24.4. The summed E-state index contributed by atoms with van der Waals surface area (Å²) in [6, 6.07) is 19.7.